The maximum absolute atomic E-state index is 13.6. The lowest BCUT2D eigenvalue weighted by Gasteiger charge is -2.40. The fourth-order valence-corrected chi connectivity index (χ4v) is 6.29. The summed E-state index contributed by atoms with van der Waals surface area (Å²) in [6.45, 7) is 6.49. The second-order valence-corrected chi connectivity index (χ2v) is 13.1. The maximum Gasteiger partial charge on any atom is 0.230 e. The smallest absolute Gasteiger partial charge is 0.230 e. The summed E-state index contributed by atoms with van der Waals surface area (Å²) < 4.78 is 25.5. The van der Waals surface area contributed by atoms with Gasteiger partial charge in [0, 0.05) is 32.2 Å². The molecule has 0 spiro atoms. The van der Waals surface area contributed by atoms with Crippen molar-refractivity contribution in [1.29, 1.82) is 0 Å². The molecule has 6 nitrogen and oxygen atoms in total. The Bertz CT molecular complexity index is 1210. The van der Waals surface area contributed by atoms with Crippen molar-refractivity contribution in [3.8, 4) is 0 Å². The van der Waals surface area contributed by atoms with E-state index in [0.717, 1.165) is 11.1 Å². The molecule has 198 valence electrons. The van der Waals surface area contributed by atoms with Gasteiger partial charge in [-0.15, -0.1) is 0 Å². The van der Waals surface area contributed by atoms with E-state index in [1.54, 1.807) is 24.3 Å². The molecule has 1 saturated heterocycles. The Hall–Kier alpha value is -1.06. The highest BCUT2D eigenvalue weighted by molar-refractivity contribution is 7.88. The molecule has 1 heterocycles. The monoisotopic (exact) mass is 593 g/mol. The molecule has 0 aliphatic carbocycles. The summed E-state index contributed by atoms with van der Waals surface area (Å²) in [7, 11) is -3.25. The van der Waals surface area contributed by atoms with Gasteiger partial charge in [0.1, 0.15) is 0 Å². The van der Waals surface area contributed by atoms with Gasteiger partial charge in [0.2, 0.25) is 15.9 Å². The van der Waals surface area contributed by atoms with Gasteiger partial charge in [0.25, 0.3) is 0 Å². The Morgan fingerprint density at radius 2 is 1.67 bits per heavy atom. The zero-order chi connectivity index (χ0) is 26.7. The summed E-state index contributed by atoms with van der Waals surface area (Å²) in [5.41, 5.74) is 0.869. The molecule has 2 aromatic carbocycles. The average molecular weight is 595 g/mol. The normalized spacial score (nSPS) is 19.1. The quantitative estimate of drug-likeness (QED) is 0.429. The van der Waals surface area contributed by atoms with Crippen LogP contribution in [0.4, 0.5) is 0 Å². The van der Waals surface area contributed by atoms with E-state index in [0.29, 0.717) is 65.7 Å². The van der Waals surface area contributed by atoms with Crippen molar-refractivity contribution in [1.82, 2.24) is 14.5 Å². The number of halogens is 4. The number of rotatable bonds is 9. The van der Waals surface area contributed by atoms with Gasteiger partial charge in [-0.3, -0.25) is 4.79 Å². The standard InChI is InChI=1S/C25H31Cl4N3O3S/c1-17-16-31(12-13-32(17)36(3,34)35)11-9-25(2,19-5-7-21(27)23(29)15-19)24(33)30-10-8-18-4-6-20(26)22(28)14-18/h4-7,14-15,17H,8-13,16H2,1-3H3,(H,30,33)/t17-,25?/m0/s1. The summed E-state index contributed by atoms with van der Waals surface area (Å²) >= 11 is 24.5. The van der Waals surface area contributed by atoms with Gasteiger partial charge in [-0.2, -0.15) is 4.31 Å². The van der Waals surface area contributed by atoms with Gasteiger partial charge in [-0.05, 0) is 68.6 Å². The number of nitrogens with one attached hydrogen (secondary N) is 1. The Kier molecular flexibility index (Phi) is 10.00. The molecule has 0 saturated carbocycles. The highest BCUT2D eigenvalue weighted by atomic mass is 35.5. The molecule has 1 N–H and O–H groups in total. The van der Waals surface area contributed by atoms with E-state index in [2.05, 4.69) is 10.2 Å². The van der Waals surface area contributed by atoms with Crippen LogP contribution < -0.4 is 5.32 Å². The Labute approximate surface area is 233 Å². The molecular weight excluding hydrogens is 564 g/mol. The fraction of sp³-hybridized carbons (Fsp3) is 0.480. The van der Waals surface area contributed by atoms with Crippen LogP contribution >= 0.6 is 46.4 Å². The molecule has 36 heavy (non-hydrogen) atoms. The first-order chi connectivity index (χ1) is 16.8. The van der Waals surface area contributed by atoms with E-state index in [9.17, 15) is 13.2 Å². The average Bonchev–Trinajstić information content (AvgIpc) is 2.80. The zero-order valence-electron chi connectivity index (χ0n) is 20.5. The molecule has 1 aliphatic rings. The number of sulfonamides is 1. The third-order valence-electron chi connectivity index (χ3n) is 6.75. The van der Waals surface area contributed by atoms with E-state index in [4.69, 9.17) is 46.4 Å². The van der Waals surface area contributed by atoms with Crippen LogP contribution in [0.2, 0.25) is 20.1 Å². The molecule has 1 fully saturated rings. The van der Waals surface area contributed by atoms with E-state index in [1.807, 2.05) is 26.0 Å². The van der Waals surface area contributed by atoms with E-state index >= 15 is 0 Å². The summed E-state index contributed by atoms with van der Waals surface area (Å²) in [5.74, 6) is -0.122. The maximum atomic E-state index is 13.6. The summed E-state index contributed by atoms with van der Waals surface area (Å²) in [6, 6.07) is 10.6. The van der Waals surface area contributed by atoms with Crippen molar-refractivity contribution < 1.29 is 13.2 Å². The van der Waals surface area contributed by atoms with Crippen LogP contribution in [0.15, 0.2) is 36.4 Å². The Balaban J connectivity index is 1.72. The minimum Gasteiger partial charge on any atom is -0.355 e. The number of amides is 1. The van der Waals surface area contributed by atoms with Gasteiger partial charge in [-0.25, -0.2) is 8.42 Å². The highest BCUT2D eigenvalue weighted by Crippen LogP contribution is 2.33. The second kappa shape index (κ2) is 12.2. The first-order valence-electron chi connectivity index (χ1n) is 11.7. The number of hydrogen-bond donors (Lipinski definition) is 1. The molecule has 0 radical (unpaired) electrons. The number of piperazine rings is 1. The molecule has 1 unspecified atom stereocenters. The molecule has 3 rings (SSSR count). The van der Waals surface area contributed by atoms with Crippen molar-refractivity contribution in [3.05, 3.63) is 67.6 Å². The van der Waals surface area contributed by atoms with Gasteiger partial charge >= 0.3 is 0 Å². The largest absolute Gasteiger partial charge is 0.355 e. The third-order valence-corrected chi connectivity index (χ3v) is 9.62. The number of nitrogens with zero attached hydrogens (tertiary/aromatic N) is 2. The number of hydrogen-bond acceptors (Lipinski definition) is 4. The lowest BCUT2D eigenvalue weighted by molar-refractivity contribution is -0.126. The predicted molar refractivity (Wildman–Crippen MR) is 149 cm³/mol. The van der Waals surface area contributed by atoms with Crippen LogP contribution in [0, 0.1) is 0 Å². The van der Waals surface area contributed by atoms with Gasteiger partial charge < -0.3 is 10.2 Å². The topological polar surface area (TPSA) is 69.7 Å². The lowest BCUT2D eigenvalue weighted by Crippen LogP contribution is -2.54. The number of carbonyl (C=O) groups excluding carboxylic acids is 1. The second-order valence-electron chi connectivity index (χ2n) is 9.49. The molecule has 11 heteroatoms. The van der Waals surface area contributed by atoms with E-state index in [-0.39, 0.29) is 11.9 Å². The third kappa shape index (κ3) is 7.28. The van der Waals surface area contributed by atoms with Crippen molar-refractivity contribution in [2.45, 2.75) is 38.1 Å². The molecule has 1 aliphatic heterocycles. The summed E-state index contributed by atoms with van der Waals surface area (Å²) in [5, 5.41) is 4.84. The van der Waals surface area contributed by atoms with Crippen LogP contribution in [0.5, 0.6) is 0 Å². The SMILES string of the molecule is C[C@H]1CN(CCC(C)(C(=O)NCCc2ccc(Cl)c(Cl)c2)c2ccc(Cl)c(Cl)c2)CCN1S(C)(=O)=O. The van der Waals surface area contributed by atoms with Gasteiger partial charge in [-0.1, -0.05) is 58.5 Å². The molecule has 2 atom stereocenters. The van der Waals surface area contributed by atoms with Crippen LogP contribution in [0.25, 0.3) is 0 Å². The van der Waals surface area contributed by atoms with Gasteiger partial charge in [0.15, 0.2) is 0 Å². The highest BCUT2D eigenvalue weighted by Gasteiger charge is 2.37. The van der Waals surface area contributed by atoms with Gasteiger partial charge in [0.05, 0.1) is 31.8 Å². The minimum absolute atomic E-state index is 0.122. The van der Waals surface area contributed by atoms with Crippen LogP contribution in [-0.4, -0.2) is 68.6 Å². The zero-order valence-corrected chi connectivity index (χ0v) is 24.4. The Morgan fingerprint density at radius 3 is 2.25 bits per heavy atom. The van der Waals surface area contributed by atoms with Crippen LogP contribution in [0.3, 0.4) is 0 Å². The van der Waals surface area contributed by atoms with Crippen molar-refractivity contribution in [2.24, 2.45) is 0 Å². The molecule has 2 aromatic rings. The van der Waals surface area contributed by atoms with Crippen LogP contribution in [0.1, 0.15) is 31.4 Å². The number of carbonyl (C=O) groups is 1. The lowest BCUT2D eigenvalue weighted by atomic mass is 9.78. The minimum atomic E-state index is -3.25. The number of benzene rings is 2. The molecular formula is C25H31Cl4N3O3S. The predicted octanol–water partition coefficient (Wildman–Crippen LogP) is 5.27. The van der Waals surface area contributed by atoms with E-state index in [1.165, 1.54) is 10.6 Å². The first kappa shape index (κ1) is 29.5. The molecule has 0 aromatic heterocycles. The van der Waals surface area contributed by atoms with Crippen molar-refractivity contribution >= 4 is 62.3 Å². The molecule has 0 bridgehead atoms. The van der Waals surface area contributed by atoms with Crippen LogP contribution in [-0.2, 0) is 26.7 Å². The van der Waals surface area contributed by atoms with E-state index < -0.39 is 15.4 Å². The first-order valence-corrected chi connectivity index (χ1v) is 15.0. The van der Waals surface area contributed by atoms with Crippen molar-refractivity contribution in [2.75, 3.05) is 39.0 Å². The van der Waals surface area contributed by atoms with Crippen molar-refractivity contribution in [3.63, 3.8) is 0 Å². The fourth-order valence-electron chi connectivity index (χ4n) is 4.53. The summed E-state index contributed by atoms with van der Waals surface area (Å²) in [6.07, 6.45) is 2.36. The Morgan fingerprint density at radius 1 is 1.03 bits per heavy atom. The molecule has 1 amide bonds. The summed E-state index contributed by atoms with van der Waals surface area (Å²) in [4.78, 5) is 15.8.